The Hall–Kier alpha value is -1.31. The number of fused-ring (bicyclic) bond motifs is 1. The van der Waals surface area contributed by atoms with Crippen molar-refractivity contribution in [2.24, 2.45) is 5.92 Å². The Morgan fingerprint density at radius 1 is 1.06 bits per heavy atom. The van der Waals surface area contributed by atoms with E-state index in [1.807, 2.05) is 18.2 Å². The van der Waals surface area contributed by atoms with Crippen LogP contribution in [0.15, 0.2) is 24.3 Å². The van der Waals surface area contributed by atoms with Crippen molar-refractivity contribution in [1.82, 2.24) is 0 Å². The SMILES string of the molecule is O=C1Nc2ccccc2C1C1CCCCC1. The molecule has 3 rings (SSSR count). The molecule has 0 bridgehead atoms. The average molecular weight is 215 g/mol. The molecule has 1 aliphatic heterocycles. The maximum Gasteiger partial charge on any atom is 0.232 e. The van der Waals surface area contributed by atoms with Gasteiger partial charge in [-0.15, -0.1) is 0 Å². The number of carbonyl (C=O) groups excluding carboxylic acids is 1. The maximum absolute atomic E-state index is 12.0. The molecule has 0 spiro atoms. The molecule has 2 nitrogen and oxygen atoms in total. The minimum Gasteiger partial charge on any atom is -0.325 e. The van der Waals surface area contributed by atoms with E-state index in [-0.39, 0.29) is 11.8 Å². The molecule has 1 amide bonds. The fourth-order valence-corrected chi connectivity index (χ4v) is 3.17. The average Bonchev–Trinajstić information content (AvgIpc) is 2.66. The molecule has 2 heteroatoms. The van der Waals surface area contributed by atoms with Crippen molar-refractivity contribution in [3.63, 3.8) is 0 Å². The number of amides is 1. The number of hydrogen-bond donors (Lipinski definition) is 1. The van der Waals surface area contributed by atoms with E-state index >= 15 is 0 Å². The fraction of sp³-hybridized carbons (Fsp3) is 0.500. The van der Waals surface area contributed by atoms with Crippen LogP contribution in [0.4, 0.5) is 5.69 Å². The summed E-state index contributed by atoms with van der Waals surface area (Å²) in [5.74, 6) is 0.905. The van der Waals surface area contributed by atoms with Crippen molar-refractivity contribution in [2.75, 3.05) is 5.32 Å². The first-order valence-electron chi connectivity index (χ1n) is 6.26. The summed E-state index contributed by atoms with van der Waals surface area (Å²) in [5.41, 5.74) is 2.25. The monoisotopic (exact) mass is 215 g/mol. The van der Waals surface area contributed by atoms with Gasteiger partial charge in [-0.25, -0.2) is 0 Å². The third-order valence-electron chi connectivity index (χ3n) is 3.96. The van der Waals surface area contributed by atoms with Gasteiger partial charge in [-0.1, -0.05) is 37.5 Å². The van der Waals surface area contributed by atoms with Crippen LogP contribution in [0.25, 0.3) is 0 Å². The minimum atomic E-state index is 0.122. The molecular formula is C14H17NO. The van der Waals surface area contributed by atoms with Gasteiger partial charge in [-0.05, 0) is 30.4 Å². The van der Waals surface area contributed by atoms with Crippen LogP contribution in [-0.2, 0) is 4.79 Å². The van der Waals surface area contributed by atoms with Crippen LogP contribution in [0.3, 0.4) is 0 Å². The highest BCUT2D eigenvalue weighted by atomic mass is 16.2. The number of anilines is 1. The number of hydrogen-bond acceptors (Lipinski definition) is 1. The van der Waals surface area contributed by atoms with Gasteiger partial charge in [0.05, 0.1) is 5.92 Å². The number of benzene rings is 1. The lowest BCUT2D eigenvalue weighted by atomic mass is 9.77. The summed E-state index contributed by atoms with van der Waals surface area (Å²) in [6.45, 7) is 0. The summed E-state index contributed by atoms with van der Waals surface area (Å²) in [5, 5.41) is 3.01. The zero-order valence-electron chi connectivity index (χ0n) is 9.41. The lowest BCUT2D eigenvalue weighted by Crippen LogP contribution is -2.22. The fourth-order valence-electron chi connectivity index (χ4n) is 3.17. The number of nitrogens with one attached hydrogen (secondary N) is 1. The molecule has 1 unspecified atom stereocenters. The molecule has 1 aromatic carbocycles. The Balaban J connectivity index is 1.92. The number of rotatable bonds is 1. The highest BCUT2D eigenvalue weighted by Crippen LogP contribution is 2.42. The van der Waals surface area contributed by atoms with Gasteiger partial charge in [0.15, 0.2) is 0 Å². The van der Waals surface area contributed by atoms with Gasteiger partial charge in [0.1, 0.15) is 0 Å². The Labute approximate surface area is 96.1 Å². The Kier molecular flexibility index (Phi) is 2.43. The Morgan fingerprint density at radius 2 is 1.81 bits per heavy atom. The van der Waals surface area contributed by atoms with E-state index in [1.54, 1.807) is 0 Å². The van der Waals surface area contributed by atoms with Gasteiger partial charge in [-0.2, -0.15) is 0 Å². The van der Waals surface area contributed by atoms with Crippen LogP contribution in [0, 0.1) is 5.92 Å². The zero-order valence-corrected chi connectivity index (χ0v) is 9.41. The smallest absolute Gasteiger partial charge is 0.232 e. The summed E-state index contributed by atoms with van der Waals surface area (Å²) >= 11 is 0. The van der Waals surface area contributed by atoms with Crippen molar-refractivity contribution in [3.05, 3.63) is 29.8 Å². The second-order valence-electron chi connectivity index (χ2n) is 4.95. The van der Waals surface area contributed by atoms with E-state index in [4.69, 9.17) is 0 Å². The molecule has 84 valence electrons. The first kappa shape index (κ1) is 9.88. The van der Waals surface area contributed by atoms with Crippen molar-refractivity contribution in [1.29, 1.82) is 0 Å². The van der Waals surface area contributed by atoms with Crippen molar-refractivity contribution < 1.29 is 4.79 Å². The quantitative estimate of drug-likeness (QED) is 0.765. The molecule has 1 saturated carbocycles. The number of carbonyl (C=O) groups is 1. The molecule has 1 aromatic rings. The topological polar surface area (TPSA) is 29.1 Å². The highest BCUT2D eigenvalue weighted by Gasteiger charge is 2.36. The lowest BCUT2D eigenvalue weighted by Gasteiger charge is -2.26. The molecule has 0 aromatic heterocycles. The third-order valence-corrected chi connectivity index (χ3v) is 3.96. The summed E-state index contributed by atoms with van der Waals surface area (Å²) in [7, 11) is 0. The third kappa shape index (κ3) is 1.53. The molecule has 1 N–H and O–H groups in total. The standard InChI is InChI=1S/C14H17NO/c16-14-13(10-6-2-1-3-7-10)11-8-4-5-9-12(11)15-14/h4-5,8-10,13H,1-3,6-7H2,(H,15,16). The van der Waals surface area contributed by atoms with E-state index < -0.39 is 0 Å². The van der Waals surface area contributed by atoms with Gasteiger partial charge in [0.25, 0.3) is 0 Å². The molecule has 0 saturated heterocycles. The van der Waals surface area contributed by atoms with E-state index in [2.05, 4.69) is 11.4 Å². The van der Waals surface area contributed by atoms with Gasteiger partial charge in [-0.3, -0.25) is 4.79 Å². The van der Waals surface area contributed by atoms with Crippen molar-refractivity contribution in [2.45, 2.75) is 38.0 Å². The van der Waals surface area contributed by atoms with Crippen LogP contribution in [-0.4, -0.2) is 5.91 Å². The predicted octanol–water partition coefficient (Wildman–Crippen LogP) is 3.30. The summed E-state index contributed by atoms with van der Waals surface area (Å²) < 4.78 is 0. The van der Waals surface area contributed by atoms with Gasteiger partial charge in [0, 0.05) is 5.69 Å². The molecular weight excluding hydrogens is 198 g/mol. The van der Waals surface area contributed by atoms with Crippen molar-refractivity contribution >= 4 is 11.6 Å². The molecule has 1 fully saturated rings. The normalized spacial score (nSPS) is 25.2. The van der Waals surface area contributed by atoms with Crippen LogP contribution in [0.5, 0.6) is 0 Å². The Bertz CT molecular complexity index is 407. The molecule has 16 heavy (non-hydrogen) atoms. The first-order chi connectivity index (χ1) is 7.86. The minimum absolute atomic E-state index is 0.122. The zero-order chi connectivity index (χ0) is 11.0. The van der Waals surface area contributed by atoms with E-state index in [1.165, 1.54) is 37.7 Å². The van der Waals surface area contributed by atoms with Crippen LogP contribution in [0.2, 0.25) is 0 Å². The van der Waals surface area contributed by atoms with E-state index in [0.29, 0.717) is 5.92 Å². The lowest BCUT2D eigenvalue weighted by molar-refractivity contribution is -0.118. The second-order valence-corrected chi connectivity index (χ2v) is 4.95. The highest BCUT2D eigenvalue weighted by molar-refractivity contribution is 6.03. The van der Waals surface area contributed by atoms with Crippen LogP contribution < -0.4 is 5.32 Å². The molecule has 2 aliphatic rings. The molecule has 1 aliphatic carbocycles. The van der Waals surface area contributed by atoms with E-state index in [0.717, 1.165) is 5.69 Å². The van der Waals surface area contributed by atoms with Crippen LogP contribution in [0.1, 0.15) is 43.6 Å². The largest absolute Gasteiger partial charge is 0.325 e. The molecule has 1 atom stereocenters. The van der Waals surface area contributed by atoms with Crippen molar-refractivity contribution in [3.8, 4) is 0 Å². The van der Waals surface area contributed by atoms with Gasteiger partial charge < -0.3 is 5.32 Å². The maximum atomic E-state index is 12.0. The summed E-state index contributed by atoms with van der Waals surface area (Å²) in [4.78, 5) is 12.0. The Morgan fingerprint density at radius 3 is 2.62 bits per heavy atom. The van der Waals surface area contributed by atoms with Gasteiger partial charge >= 0.3 is 0 Å². The first-order valence-corrected chi connectivity index (χ1v) is 6.26. The van der Waals surface area contributed by atoms with E-state index in [9.17, 15) is 4.79 Å². The van der Waals surface area contributed by atoms with Gasteiger partial charge in [0.2, 0.25) is 5.91 Å². The summed E-state index contributed by atoms with van der Waals surface area (Å²) in [6, 6.07) is 8.14. The summed E-state index contributed by atoms with van der Waals surface area (Å²) in [6.07, 6.45) is 6.35. The molecule has 1 heterocycles. The predicted molar refractivity (Wildman–Crippen MR) is 64.4 cm³/mol. The second kappa shape index (κ2) is 3.93. The number of para-hydroxylation sites is 1. The van der Waals surface area contributed by atoms with Crippen LogP contribution >= 0.6 is 0 Å². The molecule has 0 radical (unpaired) electrons.